The number of aliphatic hydroxyl groups excluding tert-OH is 1. The summed E-state index contributed by atoms with van der Waals surface area (Å²) < 4.78 is 11.1. The Morgan fingerprint density at radius 2 is 1.69 bits per heavy atom. The number of hydrogen-bond acceptors (Lipinski definition) is 5. The molecule has 26 heavy (non-hydrogen) atoms. The van der Waals surface area contributed by atoms with Gasteiger partial charge in [-0.3, -0.25) is 4.90 Å². The van der Waals surface area contributed by atoms with Crippen molar-refractivity contribution in [3.8, 4) is 0 Å². The molecule has 150 valence electrons. The summed E-state index contributed by atoms with van der Waals surface area (Å²) in [6, 6.07) is -1.05. The molecule has 0 aromatic rings. The van der Waals surface area contributed by atoms with E-state index >= 15 is 0 Å². The highest BCUT2D eigenvalue weighted by Gasteiger charge is 2.49. The minimum atomic E-state index is -0.728. The highest BCUT2D eigenvalue weighted by molar-refractivity contribution is 5.83. The molecule has 0 aromatic carbocycles. The van der Waals surface area contributed by atoms with Crippen LogP contribution in [0.25, 0.3) is 0 Å². The van der Waals surface area contributed by atoms with Crippen molar-refractivity contribution in [1.29, 1.82) is 0 Å². The zero-order chi connectivity index (χ0) is 20.3. The summed E-state index contributed by atoms with van der Waals surface area (Å²) in [7, 11) is 0. The van der Waals surface area contributed by atoms with Crippen LogP contribution in [-0.2, 0) is 14.3 Å². The third-order valence-electron chi connectivity index (χ3n) is 3.99. The summed E-state index contributed by atoms with van der Waals surface area (Å²) >= 11 is 0. The van der Waals surface area contributed by atoms with Gasteiger partial charge in [-0.15, -0.1) is 0 Å². The van der Waals surface area contributed by atoms with E-state index in [0.29, 0.717) is 12.8 Å². The molecule has 1 fully saturated rings. The molecule has 1 unspecified atom stereocenters. The minimum absolute atomic E-state index is 0.0420. The third-order valence-corrected chi connectivity index (χ3v) is 3.99. The van der Waals surface area contributed by atoms with Crippen LogP contribution in [0, 0.1) is 5.92 Å². The molecule has 1 aliphatic rings. The van der Waals surface area contributed by atoms with Crippen LogP contribution in [-0.4, -0.2) is 51.5 Å². The van der Waals surface area contributed by atoms with E-state index in [1.165, 1.54) is 4.90 Å². The van der Waals surface area contributed by atoms with Gasteiger partial charge in [-0.2, -0.15) is 0 Å². The van der Waals surface area contributed by atoms with Crippen LogP contribution in [0.15, 0.2) is 12.2 Å². The highest BCUT2D eigenvalue weighted by Crippen LogP contribution is 2.36. The topological polar surface area (TPSA) is 76.1 Å². The predicted octanol–water partition coefficient (Wildman–Crippen LogP) is 3.67. The average molecular weight is 370 g/mol. The number of esters is 1. The Balaban J connectivity index is 3.22. The molecule has 0 saturated carbocycles. The summed E-state index contributed by atoms with van der Waals surface area (Å²) in [5, 5.41) is 9.92. The number of aliphatic hydroxyl groups is 1. The van der Waals surface area contributed by atoms with Gasteiger partial charge in [0.1, 0.15) is 17.2 Å². The van der Waals surface area contributed by atoms with Crippen LogP contribution in [0.3, 0.4) is 0 Å². The minimum Gasteiger partial charge on any atom is -0.458 e. The van der Waals surface area contributed by atoms with Crippen LogP contribution in [0.5, 0.6) is 0 Å². The van der Waals surface area contributed by atoms with Gasteiger partial charge in [0.15, 0.2) is 0 Å². The Morgan fingerprint density at radius 3 is 2.12 bits per heavy atom. The molecule has 0 radical (unpaired) electrons. The molecule has 0 bridgehead atoms. The van der Waals surface area contributed by atoms with E-state index in [9.17, 15) is 14.7 Å². The normalized spacial score (nSPS) is 25.4. The molecule has 1 saturated heterocycles. The number of amides is 1. The molecule has 1 aliphatic heterocycles. The summed E-state index contributed by atoms with van der Waals surface area (Å²) in [6.07, 6.45) is 3.56. The number of carbonyl (C=O) groups is 2. The number of carbonyl (C=O) groups excluding carboxylic acids is 2. The summed E-state index contributed by atoms with van der Waals surface area (Å²) in [4.78, 5) is 27.1. The average Bonchev–Trinajstić information content (AvgIpc) is 2.73. The number of hydrogen-bond donors (Lipinski definition) is 1. The van der Waals surface area contributed by atoms with Crippen LogP contribution in [0.1, 0.15) is 68.2 Å². The van der Waals surface area contributed by atoms with E-state index in [-0.39, 0.29) is 12.0 Å². The Kier molecular flexibility index (Phi) is 7.28. The smallest absolute Gasteiger partial charge is 0.411 e. The van der Waals surface area contributed by atoms with Gasteiger partial charge in [-0.05, 0) is 68.2 Å². The van der Waals surface area contributed by atoms with Gasteiger partial charge < -0.3 is 14.6 Å². The van der Waals surface area contributed by atoms with E-state index in [1.807, 2.05) is 19.1 Å². The quantitative estimate of drug-likeness (QED) is 0.604. The fraction of sp³-hybridized carbons (Fsp3) is 0.800. The number of rotatable bonds is 4. The van der Waals surface area contributed by atoms with Gasteiger partial charge in [0.2, 0.25) is 0 Å². The number of ether oxygens (including phenoxy) is 2. The molecule has 1 heterocycles. The molecule has 0 aromatic heterocycles. The molecule has 1 N–H and O–H groups in total. The van der Waals surface area contributed by atoms with E-state index < -0.39 is 35.4 Å². The number of nitrogens with zero attached hydrogens (tertiary/aromatic N) is 1. The predicted molar refractivity (Wildman–Crippen MR) is 101 cm³/mol. The second-order valence-electron chi connectivity index (χ2n) is 9.01. The maximum atomic E-state index is 12.9. The molecule has 1 amide bonds. The van der Waals surface area contributed by atoms with Crippen molar-refractivity contribution in [3.05, 3.63) is 12.2 Å². The molecular formula is C20H35NO5. The Labute approximate surface area is 157 Å². The lowest BCUT2D eigenvalue weighted by molar-refractivity contribution is -0.160. The van der Waals surface area contributed by atoms with Gasteiger partial charge in [0.25, 0.3) is 0 Å². The van der Waals surface area contributed by atoms with Crippen LogP contribution < -0.4 is 0 Å². The monoisotopic (exact) mass is 369 g/mol. The molecule has 0 spiro atoms. The van der Waals surface area contributed by atoms with Crippen molar-refractivity contribution in [3.63, 3.8) is 0 Å². The third kappa shape index (κ3) is 6.63. The van der Waals surface area contributed by atoms with Gasteiger partial charge >= 0.3 is 12.1 Å². The van der Waals surface area contributed by atoms with Gasteiger partial charge in [-0.25, -0.2) is 9.59 Å². The fourth-order valence-corrected chi connectivity index (χ4v) is 3.21. The van der Waals surface area contributed by atoms with Crippen molar-refractivity contribution in [2.24, 2.45) is 5.92 Å². The molecule has 0 aliphatic carbocycles. The van der Waals surface area contributed by atoms with Gasteiger partial charge in [0, 0.05) is 12.0 Å². The van der Waals surface area contributed by atoms with Crippen molar-refractivity contribution in [1.82, 2.24) is 4.90 Å². The van der Waals surface area contributed by atoms with Crippen LogP contribution in [0.2, 0.25) is 0 Å². The second kappa shape index (κ2) is 8.42. The molecule has 6 heteroatoms. The number of allylic oxidation sites excluding steroid dienone is 1. The van der Waals surface area contributed by atoms with E-state index in [4.69, 9.17) is 9.47 Å². The largest absolute Gasteiger partial charge is 0.458 e. The summed E-state index contributed by atoms with van der Waals surface area (Å²) in [5.74, 6) is -0.481. The zero-order valence-corrected chi connectivity index (χ0v) is 17.4. The molecule has 6 nitrogen and oxygen atoms in total. The SMILES string of the molecule is CC=C[C@@H]1C[C@H](C(=O)OC(C)(C)C)N(C(=O)OC(C)(C)C)[C@@H]1CC(C)O. The maximum Gasteiger partial charge on any atom is 0.411 e. The van der Waals surface area contributed by atoms with Crippen LogP contribution >= 0.6 is 0 Å². The van der Waals surface area contributed by atoms with Gasteiger partial charge in [-0.1, -0.05) is 12.2 Å². The molecule has 1 rings (SSSR count). The van der Waals surface area contributed by atoms with Crippen molar-refractivity contribution in [2.45, 2.75) is 97.6 Å². The van der Waals surface area contributed by atoms with E-state index in [2.05, 4.69) is 0 Å². The summed E-state index contributed by atoms with van der Waals surface area (Å²) in [6.45, 7) is 14.3. The van der Waals surface area contributed by atoms with E-state index in [0.717, 1.165) is 0 Å². The first-order chi connectivity index (χ1) is 11.7. The first-order valence-corrected chi connectivity index (χ1v) is 9.30. The maximum absolute atomic E-state index is 12.9. The first-order valence-electron chi connectivity index (χ1n) is 9.30. The van der Waals surface area contributed by atoms with Gasteiger partial charge in [0.05, 0.1) is 6.10 Å². The fourth-order valence-electron chi connectivity index (χ4n) is 3.21. The zero-order valence-electron chi connectivity index (χ0n) is 17.4. The Hall–Kier alpha value is -1.56. The van der Waals surface area contributed by atoms with Crippen molar-refractivity contribution in [2.75, 3.05) is 0 Å². The lowest BCUT2D eigenvalue weighted by Crippen LogP contribution is -2.49. The summed E-state index contributed by atoms with van der Waals surface area (Å²) in [5.41, 5.74) is -1.32. The first kappa shape index (κ1) is 22.5. The van der Waals surface area contributed by atoms with Crippen molar-refractivity contribution >= 4 is 12.1 Å². The standard InChI is InChI=1S/C20H35NO5/c1-9-10-14-12-16(17(23)25-19(3,4)5)21(15(14)11-13(2)22)18(24)26-20(6,7)8/h9-10,13-16,22H,11-12H2,1-8H3/t13?,14-,15-,16-/m1/s1. The lowest BCUT2D eigenvalue weighted by Gasteiger charge is -2.34. The Morgan fingerprint density at radius 1 is 1.15 bits per heavy atom. The highest BCUT2D eigenvalue weighted by atomic mass is 16.6. The Bertz CT molecular complexity index is 527. The lowest BCUT2D eigenvalue weighted by atomic mass is 9.94. The number of likely N-dealkylation sites (tertiary alicyclic amines) is 1. The van der Waals surface area contributed by atoms with Crippen molar-refractivity contribution < 1.29 is 24.2 Å². The van der Waals surface area contributed by atoms with E-state index in [1.54, 1.807) is 48.5 Å². The second-order valence-corrected chi connectivity index (χ2v) is 9.01. The molecule has 4 atom stereocenters. The molecular weight excluding hydrogens is 334 g/mol. The van der Waals surface area contributed by atoms with Crippen LogP contribution in [0.4, 0.5) is 4.79 Å².